The number of carbonyl (C=O) groups excluding carboxylic acids is 1. The Bertz CT molecular complexity index is 354. The van der Waals surface area contributed by atoms with Gasteiger partial charge in [0.2, 0.25) is 5.91 Å². The molecular weight excluding hydrogens is 205 g/mol. The number of rotatable bonds is 2. The van der Waals surface area contributed by atoms with E-state index >= 15 is 0 Å². The topological polar surface area (TPSA) is 20.3 Å². The van der Waals surface area contributed by atoms with Crippen LogP contribution in [0.25, 0.3) is 0 Å². The Hall–Kier alpha value is -1.09. The van der Waals surface area contributed by atoms with Gasteiger partial charge in [-0.25, -0.2) is 4.39 Å². The van der Waals surface area contributed by atoms with Gasteiger partial charge in [0.1, 0.15) is 5.82 Å². The number of halogens is 2. The molecular formula is C10H11ClFNO. The van der Waals surface area contributed by atoms with Crippen LogP contribution in [0, 0.1) is 5.82 Å². The zero-order valence-electron chi connectivity index (χ0n) is 8.05. The predicted octanol–water partition coefficient (Wildman–Crippen LogP) is 2.85. The number of hydrogen-bond donors (Lipinski definition) is 0. The SMILES string of the molecule is CCN(C(C)=O)c1ccc(F)c(Cl)c1. The highest BCUT2D eigenvalue weighted by Gasteiger charge is 2.10. The summed E-state index contributed by atoms with van der Waals surface area (Å²) in [7, 11) is 0. The number of carbonyl (C=O) groups is 1. The van der Waals surface area contributed by atoms with Crippen LogP contribution in [-0.4, -0.2) is 12.5 Å². The van der Waals surface area contributed by atoms with Gasteiger partial charge in [0, 0.05) is 19.2 Å². The summed E-state index contributed by atoms with van der Waals surface area (Å²) in [4.78, 5) is 12.7. The fraction of sp³-hybridized carbons (Fsp3) is 0.300. The zero-order valence-corrected chi connectivity index (χ0v) is 8.81. The minimum atomic E-state index is -0.477. The maximum atomic E-state index is 12.8. The molecule has 0 radical (unpaired) electrons. The Morgan fingerprint density at radius 1 is 1.57 bits per heavy atom. The Morgan fingerprint density at radius 3 is 2.64 bits per heavy atom. The van der Waals surface area contributed by atoms with Gasteiger partial charge in [0.05, 0.1) is 5.02 Å². The van der Waals surface area contributed by atoms with Crippen LogP contribution in [0.4, 0.5) is 10.1 Å². The highest BCUT2D eigenvalue weighted by atomic mass is 35.5. The van der Waals surface area contributed by atoms with E-state index in [2.05, 4.69) is 0 Å². The van der Waals surface area contributed by atoms with Crippen molar-refractivity contribution < 1.29 is 9.18 Å². The van der Waals surface area contributed by atoms with Crippen LogP contribution >= 0.6 is 11.6 Å². The second-order valence-corrected chi connectivity index (χ2v) is 3.27. The Morgan fingerprint density at radius 2 is 2.21 bits per heavy atom. The molecule has 0 aliphatic carbocycles. The maximum Gasteiger partial charge on any atom is 0.223 e. The minimum absolute atomic E-state index is 0.0298. The summed E-state index contributed by atoms with van der Waals surface area (Å²) in [6, 6.07) is 4.23. The van der Waals surface area contributed by atoms with E-state index in [-0.39, 0.29) is 10.9 Å². The Kier molecular flexibility index (Phi) is 3.47. The van der Waals surface area contributed by atoms with E-state index in [1.54, 1.807) is 0 Å². The molecule has 0 unspecified atom stereocenters. The molecule has 4 heteroatoms. The molecule has 0 aliphatic rings. The molecule has 0 heterocycles. The van der Waals surface area contributed by atoms with Crippen molar-refractivity contribution in [3.63, 3.8) is 0 Å². The van der Waals surface area contributed by atoms with Crippen LogP contribution in [-0.2, 0) is 4.79 Å². The molecule has 0 aliphatic heterocycles. The molecule has 0 aromatic heterocycles. The van der Waals surface area contributed by atoms with E-state index in [9.17, 15) is 9.18 Å². The minimum Gasteiger partial charge on any atom is -0.313 e. The lowest BCUT2D eigenvalue weighted by atomic mass is 10.2. The van der Waals surface area contributed by atoms with Gasteiger partial charge in [-0.05, 0) is 25.1 Å². The molecule has 2 nitrogen and oxygen atoms in total. The average molecular weight is 216 g/mol. The number of nitrogens with zero attached hydrogens (tertiary/aromatic N) is 1. The van der Waals surface area contributed by atoms with Crippen LogP contribution in [0.3, 0.4) is 0 Å². The summed E-state index contributed by atoms with van der Waals surface area (Å²) in [5.41, 5.74) is 0.617. The summed E-state index contributed by atoms with van der Waals surface area (Å²) in [5, 5.41) is 0.0298. The van der Waals surface area contributed by atoms with E-state index < -0.39 is 5.82 Å². The second kappa shape index (κ2) is 4.42. The largest absolute Gasteiger partial charge is 0.313 e. The van der Waals surface area contributed by atoms with Crippen LogP contribution < -0.4 is 4.90 Å². The fourth-order valence-electron chi connectivity index (χ4n) is 1.24. The molecule has 0 saturated carbocycles. The van der Waals surface area contributed by atoms with Crippen LogP contribution in [0.1, 0.15) is 13.8 Å². The third-order valence-electron chi connectivity index (χ3n) is 1.91. The van der Waals surface area contributed by atoms with Crippen molar-refractivity contribution in [2.75, 3.05) is 11.4 Å². The number of amides is 1. The van der Waals surface area contributed by atoms with E-state index in [4.69, 9.17) is 11.6 Å². The lowest BCUT2D eigenvalue weighted by molar-refractivity contribution is -0.116. The molecule has 1 amide bonds. The molecule has 0 bridgehead atoms. The molecule has 0 atom stereocenters. The standard InChI is InChI=1S/C10H11ClFNO/c1-3-13(7(2)14)8-4-5-10(12)9(11)6-8/h4-6H,3H2,1-2H3. The van der Waals surface area contributed by atoms with Crippen molar-refractivity contribution in [3.05, 3.63) is 29.0 Å². The van der Waals surface area contributed by atoms with Gasteiger partial charge in [-0.3, -0.25) is 4.79 Å². The molecule has 0 N–H and O–H groups in total. The highest BCUT2D eigenvalue weighted by molar-refractivity contribution is 6.31. The van der Waals surface area contributed by atoms with Gasteiger partial charge in [-0.2, -0.15) is 0 Å². The van der Waals surface area contributed by atoms with Crippen molar-refractivity contribution in [2.45, 2.75) is 13.8 Å². The summed E-state index contributed by atoms with van der Waals surface area (Å²) in [6.07, 6.45) is 0. The quantitative estimate of drug-likeness (QED) is 0.743. The first-order valence-electron chi connectivity index (χ1n) is 4.29. The van der Waals surface area contributed by atoms with Gasteiger partial charge >= 0.3 is 0 Å². The van der Waals surface area contributed by atoms with E-state index in [0.717, 1.165) is 0 Å². The summed E-state index contributed by atoms with van der Waals surface area (Å²) in [5.74, 6) is -0.565. The van der Waals surface area contributed by atoms with Gasteiger partial charge in [-0.1, -0.05) is 11.6 Å². The van der Waals surface area contributed by atoms with Crippen LogP contribution in [0.15, 0.2) is 18.2 Å². The zero-order chi connectivity index (χ0) is 10.7. The summed E-state index contributed by atoms with van der Waals surface area (Å²) >= 11 is 5.61. The van der Waals surface area contributed by atoms with E-state index in [1.807, 2.05) is 6.92 Å². The van der Waals surface area contributed by atoms with Crippen molar-refractivity contribution in [2.24, 2.45) is 0 Å². The van der Waals surface area contributed by atoms with Gasteiger partial charge in [0.25, 0.3) is 0 Å². The van der Waals surface area contributed by atoms with Gasteiger partial charge in [-0.15, -0.1) is 0 Å². The smallest absolute Gasteiger partial charge is 0.223 e. The number of hydrogen-bond acceptors (Lipinski definition) is 1. The Labute approximate surface area is 87.3 Å². The van der Waals surface area contributed by atoms with E-state index in [1.165, 1.54) is 30.0 Å². The lowest BCUT2D eigenvalue weighted by Gasteiger charge is -2.19. The molecule has 76 valence electrons. The van der Waals surface area contributed by atoms with Crippen molar-refractivity contribution in [3.8, 4) is 0 Å². The predicted molar refractivity (Wildman–Crippen MR) is 55.1 cm³/mol. The van der Waals surface area contributed by atoms with Crippen molar-refractivity contribution >= 4 is 23.2 Å². The molecule has 0 fully saturated rings. The fourth-order valence-corrected chi connectivity index (χ4v) is 1.41. The van der Waals surface area contributed by atoms with Gasteiger partial charge in [0.15, 0.2) is 0 Å². The van der Waals surface area contributed by atoms with Crippen molar-refractivity contribution in [1.29, 1.82) is 0 Å². The molecule has 1 rings (SSSR count). The van der Waals surface area contributed by atoms with Crippen LogP contribution in [0.5, 0.6) is 0 Å². The van der Waals surface area contributed by atoms with Crippen molar-refractivity contribution in [1.82, 2.24) is 0 Å². The molecule has 0 saturated heterocycles. The first kappa shape index (κ1) is 11.0. The summed E-state index contributed by atoms with van der Waals surface area (Å²) < 4.78 is 12.8. The van der Waals surface area contributed by atoms with Gasteiger partial charge < -0.3 is 4.90 Å². The highest BCUT2D eigenvalue weighted by Crippen LogP contribution is 2.22. The lowest BCUT2D eigenvalue weighted by Crippen LogP contribution is -2.27. The molecule has 1 aromatic carbocycles. The first-order valence-corrected chi connectivity index (χ1v) is 4.67. The maximum absolute atomic E-state index is 12.8. The molecule has 1 aromatic rings. The molecule has 14 heavy (non-hydrogen) atoms. The monoisotopic (exact) mass is 215 g/mol. The average Bonchev–Trinajstić information content (AvgIpc) is 2.11. The third kappa shape index (κ3) is 2.23. The normalized spacial score (nSPS) is 10.0. The first-order chi connectivity index (χ1) is 6.56. The number of benzene rings is 1. The molecule has 0 spiro atoms. The third-order valence-corrected chi connectivity index (χ3v) is 2.20. The number of anilines is 1. The van der Waals surface area contributed by atoms with E-state index in [0.29, 0.717) is 12.2 Å². The summed E-state index contributed by atoms with van der Waals surface area (Å²) in [6.45, 7) is 3.84. The Balaban J connectivity index is 3.06. The second-order valence-electron chi connectivity index (χ2n) is 2.86. The van der Waals surface area contributed by atoms with Crippen LogP contribution in [0.2, 0.25) is 5.02 Å².